The van der Waals surface area contributed by atoms with Crippen molar-refractivity contribution in [3.05, 3.63) is 32.7 Å². The van der Waals surface area contributed by atoms with Crippen LogP contribution in [0.4, 0.5) is 11.6 Å². The summed E-state index contributed by atoms with van der Waals surface area (Å²) < 4.78 is 1.11. The summed E-state index contributed by atoms with van der Waals surface area (Å²) in [6.45, 7) is 2.75. The highest BCUT2D eigenvalue weighted by Crippen LogP contribution is 2.25. The molecule has 2 aromatic heterocycles. The van der Waals surface area contributed by atoms with Gasteiger partial charge in [-0.2, -0.15) is 0 Å². The maximum Gasteiger partial charge on any atom is 0.148 e. The third kappa shape index (κ3) is 2.80. The lowest BCUT2D eigenvalue weighted by atomic mass is 10.3. The molecule has 18 heavy (non-hydrogen) atoms. The molecular formula is C11H14BrN5S. The molecule has 0 aliphatic heterocycles. The van der Waals surface area contributed by atoms with E-state index in [-0.39, 0.29) is 0 Å². The molecular weight excluding hydrogens is 314 g/mol. The normalized spacial score (nSPS) is 10.4. The van der Waals surface area contributed by atoms with Crippen molar-refractivity contribution in [2.45, 2.75) is 13.5 Å². The van der Waals surface area contributed by atoms with E-state index in [0.29, 0.717) is 5.82 Å². The molecule has 3 N–H and O–H groups in total. The molecule has 7 heteroatoms. The van der Waals surface area contributed by atoms with Crippen LogP contribution in [0.2, 0.25) is 0 Å². The number of nitrogens with one attached hydrogen (secondary N) is 1. The predicted octanol–water partition coefficient (Wildman–Crippen LogP) is 2.53. The number of nitrogens with two attached hydrogens (primary N) is 1. The van der Waals surface area contributed by atoms with E-state index in [9.17, 15) is 0 Å². The molecule has 0 atom stereocenters. The monoisotopic (exact) mass is 327 g/mol. The molecule has 0 aliphatic rings. The van der Waals surface area contributed by atoms with Gasteiger partial charge in [0.15, 0.2) is 0 Å². The summed E-state index contributed by atoms with van der Waals surface area (Å²) in [5.41, 5.74) is 3.52. The van der Waals surface area contributed by atoms with Crippen LogP contribution in [0.1, 0.15) is 10.4 Å². The lowest BCUT2D eigenvalue weighted by Crippen LogP contribution is -2.20. The molecule has 96 valence electrons. The molecule has 0 amide bonds. The van der Waals surface area contributed by atoms with Crippen molar-refractivity contribution in [3.63, 3.8) is 0 Å². The molecule has 0 saturated heterocycles. The van der Waals surface area contributed by atoms with Gasteiger partial charge in [-0.1, -0.05) is 0 Å². The Kier molecular flexibility index (Phi) is 4.15. The largest absolute Gasteiger partial charge is 0.354 e. The Morgan fingerprint density at radius 1 is 1.50 bits per heavy atom. The second kappa shape index (κ2) is 5.64. The molecule has 2 rings (SSSR count). The van der Waals surface area contributed by atoms with Crippen molar-refractivity contribution < 1.29 is 0 Å². The van der Waals surface area contributed by atoms with Crippen molar-refractivity contribution >= 4 is 38.9 Å². The molecule has 0 spiro atoms. The van der Waals surface area contributed by atoms with E-state index in [4.69, 9.17) is 5.84 Å². The van der Waals surface area contributed by atoms with Gasteiger partial charge in [0.1, 0.15) is 18.0 Å². The number of hydrazine groups is 1. The number of rotatable bonds is 4. The number of nitrogen functional groups attached to an aromatic ring is 1. The van der Waals surface area contributed by atoms with E-state index in [1.165, 1.54) is 11.2 Å². The minimum Gasteiger partial charge on any atom is -0.354 e. The van der Waals surface area contributed by atoms with Crippen LogP contribution in [0.5, 0.6) is 0 Å². The van der Waals surface area contributed by atoms with E-state index >= 15 is 0 Å². The first-order valence-corrected chi connectivity index (χ1v) is 7.01. The van der Waals surface area contributed by atoms with Gasteiger partial charge in [0, 0.05) is 27.3 Å². The Balaban J connectivity index is 2.21. The van der Waals surface area contributed by atoms with Crippen LogP contribution in [0, 0.1) is 6.92 Å². The van der Waals surface area contributed by atoms with Gasteiger partial charge in [-0.05, 0) is 28.9 Å². The number of hydrogen-bond donors (Lipinski definition) is 2. The molecule has 0 aliphatic carbocycles. The second-order valence-corrected chi connectivity index (χ2v) is 5.81. The van der Waals surface area contributed by atoms with Gasteiger partial charge in [-0.25, -0.2) is 15.8 Å². The average molecular weight is 328 g/mol. The first-order chi connectivity index (χ1) is 8.61. The summed E-state index contributed by atoms with van der Waals surface area (Å²) in [4.78, 5) is 11.7. The molecule has 0 aromatic carbocycles. The SMILES string of the molecule is Cc1c(NN)ncnc1N(C)Cc1cc(Br)cs1. The highest BCUT2D eigenvalue weighted by Gasteiger charge is 2.11. The van der Waals surface area contributed by atoms with E-state index in [2.05, 4.69) is 47.7 Å². The zero-order chi connectivity index (χ0) is 13.1. The lowest BCUT2D eigenvalue weighted by molar-refractivity contribution is 0.894. The zero-order valence-electron chi connectivity index (χ0n) is 10.1. The zero-order valence-corrected chi connectivity index (χ0v) is 12.5. The second-order valence-electron chi connectivity index (χ2n) is 3.90. The van der Waals surface area contributed by atoms with Gasteiger partial charge < -0.3 is 10.3 Å². The topological polar surface area (TPSA) is 67.1 Å². The Morgan fingerprint density at radius 2 is 2.28 bits per heavy atom. The fraction of sp³-hybridized carbons (Fsp3) is 0.273. The number of nitrogens with zero attached hydrogens (tertiary/aromatic N) is 3. The van der Waals surface area contributed by atoms with E-state index in [1.54, 1.807) is 11.3 Å². The number of hydrogen-bond acceptors (Lipinski definition) is 6. The van der Waals surface area contributed by atoms with Crippen LogP contribution in [-0.2, 0) is 6.54 Å². The summed E-state index contributed by atoms with van der Waals surface area (Å²) in [7, 11) is 2.00. The lowest BCUT2D eigenvalue weighted by Gasteiger charge is -2.20. The highest BCUT2D eigenvalue weighted by atomic mass is 79.9. The number of thiophene rings is 1. The summed E-state index contributed by atoms with van der Waals surface area (Å²) in [6.07, 6.45) is 1.51. The fourth-order valence-electron chi connectivity index (χ4n) is 1.72. The third-order valence-electron chi connectivity index (χ3n) is 2.57. The molecule has 0 unspecified atom stereocenters. The quantitative estimate of drug-likeness (QED) is 0.667. The van der Waals surface area contributed by atoms with Crippen LogP contribution >= 0.6 is 27.3 Å². The van der Waals surface area contributed by atoms with Gasteiger partial charge in [0.2, 0.25) is 0 Å². The van der Waals surface area contributed by atoms with Crippen molar-refractivity contribution in [1.29, 1.82) is 0 Å². The summed E-state index contributed by atoms with van der Waals surface area (Å²) in [6, 6.07) is 2.11. The Labute approximate surface area is 118 Å². The summed E-state index contributed by atoms with van der Waals surface area (Å²) in [5.74, 6) is 6.94. The van der Waals surface area contributed by atoms with E-state index in [0.717, 1.165) is 22.4 Å². The number of halogens is 1. The van der Waals surface area contributed by atoms with Crippen LogP contribution in [-0.4, -0.2) is 17.0 Å². The molecule has 5 nitrogen and oxygen atoms in total. The smallest absolute Gasteiger partial charge is 0.148 e. The Bertz CT molecular complexity index is 542. The van der Waals surface area contributed by atoms with Crippen molar-refractivity contribution in [1.82, 2.24) is 9.97 Å². The van der Waals surface area contributed by atoms with Crippen LogP contribution in [0.15, 0.2) is 22.2 Å². The molecule has 2 heterocycles. The first-order valence-electron chi connectivity index (χ1n) is 5.34. The van der Waals surface area contributed by atoms with Gasteiger partial charge >= 0.3 is 0 Å². The fourth-order valence-corrected chi connectivity index (χ4v) is 3.22. The molecule has 0 fully saturated rings. The van der Waals surface area contributed by atoms with E-state index in [1.807, 2.05) is 14.0 Å². The maximum atomic E-state index is 5.41. The molecule has 0 bridgehead atoms. The van der Waals surface area contributed by atoms with Crippen LogP contribution < -0.4 is 16.2 Å². The third-order valence-corrected chi connectivity index (χ3v) is 4.25. The maximum absolute atomic E-state index is 5.41. The van der Waals surface area contributed by atoms with Gasteiger partial charge in [-0.15, -0.1) is 11.3 Å². The first kappa shape index (κ1) is 13.3. The van der Waals surface area contributed by atoms with Crippen molar-refractivity contribution in [2.75, 3.05) is 17.4 Å². The Morgan fingerprint density at radius 3 is 2.89 bits per heavy atom. The van der Waals surface area contributed by atoms with Gasteiger partial charge in [0.05, 0.1) is 6.54 Å². The van der Waals surface area contributed by atoms with Crippen molar-refractivity contribution in [3.8, 4) is 0 Å². The predicted molar refractivity (Wildman–Crippen MR) is 78.7 cm³/mol. The summed E-state index contributed by atoms with van der Waals surface area (Å²) >= 11 is 5.17. The number of anilines is 2. The van der Waals surface area contributed by atoms with Crippen LogP contribution in [0.25, 0.3) is 0 Å². The molecule has 0 saturated carbocycles. The summed E-state index contributed by atoms with van der Waals surface area (Å²) in [5, 5.41) is 2.07. The standard InChI is InChI=1S/C11H14BrN5S/c1-7-10(16-13)14-6-15-11(7)17(2)4-9-3-8(12)5-18-9/h3,5-6H,4,13H2,1-2H3,(H,14,15,16). The van der Waals surface area contributed by atoms with Gasteiger partial charge in [0.25, 0.3) is 0 Å². The Hall–Kier alpha value is -1.18. The van der Waals surface area contributed by atoms with E-state index < -0.39 is 0 Å². The van der Waals surface area contributed by atoms with Crippen LogP contribution in [0.3, 0.4) is 0 Å². The molecule has 2 aromatic rings. The number of aromatic nitrogens is 2. The minimum atomic E-state index is 0.652. The van der Waals surface area contributed by atoms with Gasteiger partial charge in [-0.3, -0.25) is 0 Å². The highest BCUT2D eigenvalue weighted by molar-refractivity contribution is 9.10. The minimum absolute atomic E-state index is 0.652. The average Bonchev–Trinajstić information content (AvgIpc) is 2.75. The molecule has 0 radical (unpaired) electrons. The van der Waals surface area contributed by atoms with Crippen molar-refractivity contribution in [2.24, 2.45) is 5.84 Å².